The smallest absolute Gasteiger partial charge is 0.239 e. The van der Waals surface area contributed by atoms with Crippen LogP contribution < -0.4 is 9.62 Å². The van der Waals surface area contributed by atoms with Gasteiger partial charge in [-0.15, -0.1) is 0 Å². The molecule has 1 aliphatic rings. The Balaban J connectivity index is 2.21. The summed E-state index contributed by atoms with van der Waals surface area (Å²) in [4.78, 5) is 0. The molecule has 0 bridgehead atoms. The minimum absolute atomic E-state index is 0.298. The number of nitrogens with zero attached hydrogens (tertiary/aromatic N) is 1. The average Bonchev–Trinajstić information content (AvgIpc) is 2.92. The van der Waals surface area contributed by atoms with Gasteiger partial charge in [-0.25, -0.2) is 8.42 Å². The SMILES string of the molecule is CCc1ccc(N(C)S(=O)(=O)C2CCNC2)cc1. The van der Waals surface area contributed by atoms with Gasteiger partial charge in [0.05, 0.1) is 10.9 Å². The van der Waals surface area contributed by atoms with Gasteiger partial charge in [-0.2, -0.15) is 0 Å². The number of aryl methyl sites for hydroxylation is 1. The first-order chi connectivity index (χ1) is 8.55. The van der Waals surface area contributed by atoms with Gasteiger partial charge in [0.1, 0.15) is 0 Å². The Morgan fingerprint density at radius 2 is 2.00 bits per heavy atom. The molecule has 4 nitrogen and oxygen atoms in total. The molecule has 0 aromatic heterocycles. The number of hydrogen-bond acceptors (Lipinski definition) is 3. The molecule has 1 unspecified atom stereocenters. The Morgan fingerprint density at radius 1 is 1.33 bits per heavy atom. The molecule has 1 fully saturated rings. The van der Waals surface area contributed by atoms with Gasteiger partial charge in [0.15, 0.2) is 0 Å². The van der Waals surface area contributed by atoms with Gasteiger partial charge in [-0.05, 0) is 37.1 Å². The van der Waals surface area contributed by atoms with Crippen molar-refractivity contribution in [2.24, 2.45) is 0 Å². The standard InChI is InChI=1S/C13H20N2O2S/c1-3-11-4-6-12(7-5-11)15(2)18(16,17)13-8-9-14-10-13/h4-7,13-14H,3,8-10H2,1-2H3. The van der Waals surface area contributed by atoms with Crippen LogP contribution in [0, 0.1) is 0 Å². The highest BCUT2D eigenvalue weighted by Crippen LogP contribution is 2.22. The van der Waals surface area contributed by atoms with E-state index < -0.39 is 10.0 Å². The summed E-state index contributed by atoms with van der Waals surface area (Å²) >= 11 is 0. The summed E-state index contributed by atoms with van der Waals surface area (Å²) in [5, 5.41) is 2.80. The number of nitrogens with one attached hydrogen (secondary N) is 1. The molecular weight excluding hydrogens is 248 g/mol. The Hall–Kier alpha value is -1.07. The van der Waals surface area contributed by atoms with Crippen molar-refractivity contribution in [2.75, 3.05) is 24.4 Å². The molecule has 0 aliphatic carbocycles. The molecule has 1 N–H and O–H groups in total. The second-order valence-electron chi connectivity index (χ2n) is 4.65. The summed E-state index contributed by atoms with van der Waals surface area (Å²) < 4.78 is 26.2. The van der Waals surface area contributed by atoms with E-state index in [1.54, 1.807) is 7.05 Å². The lowest BCUT2D eigenvalue weighted by Gasteiger charge is -2.23. The van der Waals surface area contributed by atoms with E-state index in [0.29, 0.717) is 13.0 Å². The topological polar surface area (TPSA) is 49.4 Å². The fourth-order valence-corrected chi connectivity index (χ4v) is 3.80. The molecule has 0 amide bonds. The molecule has 1 heterocycles. The third kappa shape index (κ3) is 2.52. The van der Waals surface area contributed by atoms with Crippen molar-refractivity contribution in [1.29, 1.82) is 0 Å². The normalized spacial score (nSPS) is 20.0. The predicted octanol–water partition coefficient (Wildman–Crippen LogP) is 1.38. The minimum atomic E-state index is -3.24. The summed E-state index contributed by atoms with van der Waals surface area (Å²) in [6, 6.07) is 7.71. The van der Waals surface area contributed by atoms with E-state index in [0.717, 1.165) is 18.7 Å². The van der Waals surface area contributed by atoms with Crippen LogP contribution in [0.5, 0.6) is 0 Å². The molecular formula is C13H20N2O2S. The fraction of sp³-hybridized carbons (Fsp3) is 0.538. The van der Waals surface area contributed by atoms with Crippen molar-refractivity contribution in [3.05, 3.63) is 29.8 Å². The van der Waals surface area contributed by atoms with E-state index >= 15 is 0 Å². The van der Waals surface area contributed by atoms with E-state index in [2.05, 4.69) is 12.2 Å². The number of sulfonamides is 1. The van der Waals surface area contributed by atoms with Gasteiger partial charge in [-0.1, -0.05) is 19.1 Å². The zero-order valence-corrected chi connectivity index (χ0v) is 11.7. The maximum atomic E-state index is 12.4. The van der Waals surface area contributed by atoms with Crippen LogP contribution in [0.3, 0.4) is 0 Å². The third-order valence-corrected chi connectivity index (χ3v) is 5.75. The quantitative estimate of drug-likeness (QED) is 0.897. The van der Waals surface area contributed by atoms with Crippen molar-refractivity contribution in [3.63, 3.8) is 0 Å². The first-order valence-electron chi connectivity index (χ1n) is 6.33. The molecule has 1 saturated heterocycles. The highest BCUT2D eigenvalue weighted by Gasteiger charge is 2.32. The number of anilines is 1. The van der Waals surface area contributed by atoms with Crippen molar-refractivity contribution in [2.45, 2.75) is 25.0 Å². The van der Waals surface area contributed by atoms with Crippen LogP contribution in [0.2, 0.25) is 0 Å². The van der Waals surface area contributed by atoms with E-state index in [1.165, 1.54) is 9.87 Å². The van der Waals surface area contributed by atoms with Gasteiger partial charge >= 0.3 is 0 Å². The highest BCUT2D eigenvalue weighted by molar-refractivity contribution is 7.93. The Labute approximate surface area is 109 Å². The summed E-state index contributed by atoms with van der Waals surface area (Å²) in [5.41, 5.74) is 1.95. The first-order valence-corrected chi connectivity index (χ1v) is 7.83. The molecule has 1 aromatic rings. The van der Waals surface area contributed by atoms with Crippen LogP contribution in [-0.4, -0.2) is 33.8 Å². The van der Waals surface area contributed by atoms with Gasteiger partial charge in [0.2, 0.25) is 10.0 Å². The van der Waals surface area contributed by atoms with Crippen molar-refractivity contribution < 1.29 is 8.42 Å². The van der Waals surface area contributed by atoms with E-state index in [9.17, 15) is 8.42 Å². The van der Waals surface area contributed by atoms with Gasteiger partial charge in [0, 0.05) is 13.6 Å². The number of benzene rings is 1. The molecule has 0 saturated carbocycles. The lowest BCUT2D eigenvalue weighted by Crippen LogP contribution is -2.37. The monoisotopic (exact) mass is 268 g/mol. The largest absolute Gasteiger partial charge is 0.315 e. The maximum Gasteiger partial charge on any atom is 0.239 e. The zero-order chi connectivity index (χ0) is 13.2. The first kappa shape index (κ1) is 13.4. The average molecular weight is 268 g/mol. The molecule has 1 aliphatic heterocycles. The van der Waals surface area contributed by atoms with Crippen molar-refractivity contribution in [1.82, 2.24) is 5.32 Å². The van der Waals surface area contributed by atoms with Gasteiger partial charge < -0.3 is 5.32 Å². The van der Waals surface area contributed by atoms with Gasteiger partial charge in [-0.3, -0.25) is 4.31 Å². The Bertz CT molecular complexity index is 490. The molecule has 100 valence electrons. The van der Waals surface area contributed by atoms with Crippen LogP contribution in [0.1, 0.15) is 18.9 Å². The lowest BCUT2D eigenvalue weighted by molar-refractivity contribution is 0.581. The number of rotatable bonds is 4. The van der Waals surface area contributed by atoms with Crippen LogP contribution in [0.25, 0.3) is 0 Å². The summed E-state index contributed by atoms with van der Waals surface area (Å²) in [6.45, 7) is 3.42. The van der Waals surface area contributed by atoms with Crippen molar-refractivity contribution >= 4 is 15.7 Å². The zero-order valence-electron chi connectivity index (χ0n) is 10.9. The molecule has 18 heavy (non-hydrogen) atoms. The van der Waals surface area contributed by atoms with Gasteiger partial charge in [0.25, 0.3) is 0 Å². The fourth-order valence-electron chi connectivity index (χ4n) is 2.19. The predicted molar refractivity (Wildman–Crippen MR) is 74.4 cm³/mol. The summed E-state index contributed by atoms with van der Waals surface area (Å²) in [7, 11) is -1.61. The second kappa shape index (κ2) is 5.28. The van der Waals surface area contributed by atoms with Crippen LogP contribution >= 0.6 is 0 Å². The second-order valence-corrected chi connectivity index (χ2v) is 6.89. The van der Waals surface area contributed by atoms with Crippen molar-refractivity contribution in [3.8, 4) is 0 Å². The van der Waals surface area contributed by atoms with E-state index in [4.69, 9.17) is 0 Å². The maximum absolute atomic E-state index is 12.4. The number of hydrogen-bond donors (Lipinski definition) is 1. The summed E-state index contributed by atoms with van der Waals surface area (Å²) in [6.07, 6.45) is 1.66. The molecule has 0 spiro atoms. The van der Waals surface area contributed by atoms with E-state index in [-0.39, 0.29) is 5.25 Å². The van der Waals surface area contributed by atoms with Crippen LogP contribution in [0.15, 0.2) is 24.3 Å². The molecule has 5 heteroatoms. The third-order valence-electron chi connectivity index (χ3n) is 3.53. The molecule has 1 aromatic carbocycles. The Morgan fingerprint density at radius 3 is 2.50 bits per heavy atom. The lowest BCUT2D eigenvalue weighted by atomic mass is 10.1. The van der Waals surface area contributed by atoms with Crippen LogP contribution in [0.4, 0.5) is 5.69 Å². The molecule has 0 radical (unpaired) electrons. The molecule has 1 atom stereocenters. The van der Waals surface area contributed by atoms with E-state index in [1.807, 2.05) is 24.3 Å². The molecule has 2 rings (SSSR count). The highest BCUT2D eigenvalue weighted by atomic mass is 32.2. The minimum Gasteiger partial charge on any atom is -0.315 e. The summed E-state index contributed by atoms with van der Waals surface area (Å²) in [5.74, 6) is 0. The van der Waals surface area contributed by atoms with Crippen LogP contribution in [-0.2, 0) is 16.4 Å². The Kier molecular flexibility index (Phi) is 3.92.